The summed E-state index contributed by atoms with van der Waals surface area (Å²) in [5.74, 6) is 5.47. The third kappa shape index (κ3) is 3.15. The SMILES string of the molecule is C#CC1(O[Si](C)(C)C)CCC2C3CCC4=C/C(=N/OC)CCC4(C)C3CCC21C. The Morgan fingerprint density at radius 1 is 1.07 bits per heavy atom. The van der Waals surface area contributed by atoms with Crippen molar-refractivity contribution in [2.75, 3.05) is 7.11 Å². The van der Waals surface area contributed by atoms with Crippen molar-refractivity contribution in [1.29, 1.82) is 0 Å². The maximum atomic E-state index is 6.82. The molecule has 0 aromatic rings. The topological polar surface area (TPSA) is 30.8 Å². The van der Waals surface area contributed by atoms with Crippen LogP contribution in [0.5, 0.6) is 0 Å². The van der Waals surface area contributed by atoms with Gasteiger partial charge in [-0.2, -0.15) is 0 Å². The Morgan fingerprint density at radius 3 is 2.45 bits per heavy atom. The molecule has 3 fully saturated rings. The van der Waals surface area contributed by atoms with Crippen LogP contribution in [-0.2, 0) is 9.26 Å². The van der Waals surface area contributed by atoms with Crippen LogP contribution in [0.25, 0.3) is 0 Å². The minimum absolute atomic E-state index is 0.123. The van der Waals surface area contributed by atoms with E-state index in [4.69, 9.17) is 15.7 Å². The maximum absolute atomic E-state index is 6.82. The molecule has 4 rings (SSSR count). The lowest BCUT2D eigenvalue weighted by molar-refractivity contribution is -0.0915. The molecule has 4 heteroatoms. The molecule has 0 radical (unpaired) electrons. The van der Waals surface area contributed by atoms with Crippen molar-refractivity contribution in [3.8, 4) is 12.3 Å². The molecule has 0 aromatic carbocycles. The summed E-state index contributed by atoms with van der Waals surface area (Å²) in [6.07, 6.45) is 18.1. The number of hydrogen-bond donors (Lipinski definition) is 0. The van der Waals surface area contributed by atoms with Gasteiger partial charge in [0.2, 0.25) is 0 Å². The largest absolute Gasteiger partial charge is 0.401 e. The van der Waals surface area contributed by atoms with Crippen molar-refractivity contribution in [2.24, 2.45) is 33.7 Å². The highest BCUT2D eigenvalue weighted by molar-refractivity contribution is 6.69. The summed E-state index contributed by atoms with van der Waals surface area (Å²) >= 11 is 0. The Morgan fingerprint density at radius 2 is 1.79 bits per heavy atom. The minimum atomic E-state index is -1.72. The number of oxime groups is 1. The lowest BCUT2D eigenvalue weighted by Gasteiger charge is -2.59. The first-order valence-electron chi connectivity index (χ1n) is 11.6. The normalized spacial score (nSPS) is 45.6. The molecule has 0 amide bonds. The van der Waals surface area contributed by atoms with Gasteiger partial charge >= 0.3 is 0 Å². The lowest BCUT2D eigenvalue weighted by Crippen LogP contribution is -2.57. The molecular weight excluding hydrogens is 374 g/mol. The Hall–Kier alpha value is -1.05. The summed E-state index contributed by atoms with van der Waals surface area (Å²) in [5, 5.41) is 4.24. The monoisotopic (exact) mass is 413 g/mol. The fourth-order valence-corrected chi connectivity index (χ4v) is 9.15. The number of fused-ring (bicyclic) bond motifs is 5. The Bertz CT molecular complexity index is 775. The van der Waals surface area contributed by atoms with Crippen molar-refractivity contribution in [3.05, 3.63) is 11.6 Å². The van der Waals surface area contributed by atoms with E-state index in [1.165, 1.54) is 38.5 Å². The fraction of sp³-hybridized carbons (Fsp3) is 0.800. The van der Waals surface area contributed by atoms with Crippen molar-refractivity contribution in [1.82, 2.24) is 0 Å². The molecule has 6 atom stereocenters. The molecule has 0 bridgehead atoms. The van der Waals surface area contributed by atoms with E-state index in [1.54, 1.807) is 12.7 Å². The zero-order chi connectivity index (χ0) is 21.1. The zero-order valence-corrected chi connectivity index (χ0v) is 20.3. The van der Waals surface area contributed by atoms with Gasteiger partial charge in [0.25, 0.3) is 0 Å². The summed E-state index contributed by atoms with van der Waals surface area (Å²) in [7, 11) is -0.0662. The van der Waals surface area contributed by atoms with Crippen LogP contribution >= 0.6 is 0 Å². The second kappa shape index (κ2) is 6.99. The van der Waals surface area contributed by atoms with E-state index in [-0.39, 0.29) is 11.0 Å². The predicted octanol–water partition coefficient (Wildman–Crippen LogP) is 6.18. The van der Waals surface area contributed by atoms with Crippen LogP contribution in [-0.4, -0.2) is 26.7 Å². The highest BCUT2D eigenvalue weighted by Gasteiger charge is 2.65. The fourth-order valence-electron chi connectivity index (χ4n) is 7.72. The first-order valence-corrected chi connectivity index (χ1v) is 15.0. The van der Waals surface area contributed by atoms with E-state index >= 15 is 0 Å². The average molecular weight is 414 g/mol. The number of hydrogen-bond acceptors (Lipinski definition) is 3. The highest BCUT2D eigenvalue weighted by Crippen LogP contribution is 2.68. The Labute approximate surface area is 178 Å². The van der Waals surface area contributed by atoms with Gasteiger partial charge in [-0.1, -0.05) is 30.5 Å². The van der Waals surface area contributed by atoms with Crippen molar-refractivity contribution < 1.29 is 9.26 Å². The zero-order valence-electron chi connectivity index (χ0n) is 19.3. The van der Waals surface area contributed by atoms with E-state index in [9.17, 15) is 0 Å². The molecule has 0 saturated heterocycles. The van der Waals surface area contributed by atoms with Gasteiger partial charge in [-0.05, 0) is 100 Å². The van der Waals surface area contributed by atoms with Gasteiger partial charge < -0.3 is 9.26 Å². The number of nitrogens with zero attached hydrogens (tertiary/aromatic N) is 1. The minimum Gasteiger partial charge on any atom is -0.401 e. The molecule has 29 heavy (non-hydrogen) atoms. The van der Waals surface area contributed by atoms with E-state index < -0.39 is 8.32 Å². The van der Waals surface area contributed by atoms with Gasteiger partial charge in [-0.3, -0.25) is 0 Å². The van der Waals surface area contributed by atoms with Gasteiger partial charge in [0, 0.05) is 5.41 Å². The third-order valence-electron chi connectivity index (χ3n) is 9.02. The lowest BCUT2D eigenvalue weighted by atomic mass is 9.46. The number of allylic oxidation sites excluding steroid dienone is 2. The molecule has 0 heterocycles. The highest BCUT2D eigenvalue weighted by atomic mass is 28.4. The molecule has 3 saturated carbocycles. The first-order chi connectivity index (χ1) is 13.6. The van der Waals surface area contributed by atoms with Crippen molar-refractivity contribution in [2.45, 2.75) is 90.5 Å². The van der Waals surface area contributed by atoms with E-state index in [1.807, 2.05) is 0 Å². The summed E-state index contributed by atoms with van der Waals surface area (Å²) in [6.45, 7) is 11.9. The third-order valence-corrected chi connectivity index (χ3v) is 9.98. The van der Waals surface area contributed by atoms with Crippen molar-refractivity contribution >= 4 is 14.0 Å². The van der Waals surface area contributed by atoms with Gasteiger partial charge in [-0.25, -0.2) is 0 Å². The summed E-state index contributed by atoms with van der Waals surface area (Å²) in [4.78, 5) is 5.06. The molecule has 3 nitrogen and oxygen atoms in total. The molecule has 0 N–H and O–H groups in total. The summed E-state index contributed by atoms with van der Waals surface area (Å²) < 4.78 is 6.82. The Balaban J connectivity index is 1.65. The molecule has 0 aliphatic heterocycles. The maximum Gasteiger partial charge on any atom is 0.185 e. The molecular formula is C25H39NO2Si. The van der Waals surface area contributed by atoms with Crippen LogP contribution in [0, 0.1) is 40.9 Å². The molecule has 0 spiro atoms. The van der Waals surface area contributed by atoms with Gasteiger partial charge in [0.15, 0.2) is 8.32 Å². The van der Waals surface area contributed by atoms with E-state index in [2.05, 4.69) is 50.6 Å². The summed E-state index contributed by atoms with van der Waals surface area (Å²) in [5.41, 5.74) is 2.82. The number of terminal acetylenes is 1. The second-order valence-electron chi connectivity index (χ2n) is 11.4. The number of rotatable bonds is 3. The smallest absolute Gasteiger partial charge is 0.185 e. The molecule has 160 valence electrons. The Kier molecular flexibility index (Phi) is 5.11. The van der Waals surface area contributed by atoms with Crippen LogP contribution in [0.2, 0.25) is 19.6 Å². The van der Waals surface area contributed by atoms with Crippen LogP contribution in [0.15, 0.2) is 16.8 Å². The van der Waals surface area contributed by atoms with E-state index in [0.29, 0.717) is 11.3 Å². The van der Waals surface area contributed by atoms with Gasteiger partial charge in [0.05, 0.1) is 5.71 Å². The van der Waals surface area contributed by atoms with E-state index in [0.717, 1.165) is 30.4 Å². The predicted molar refractivity (Wildman–Crippen MR) is 122 cm³/mol. The van der Waals surface area contributed by atoms with Crippen LogP contribution < -0.4 is 0 Å². The van der Waals surface area contributed by atoms with Crippen LogP contribution in [0.1, 0.15) is 65.2 Å². The van der Waals surface area contributed by atoms with Gasteiger partial charge in [0.1, 0.15) is 12.7 Å². The standard InChI is InChI=1S/C25H39NO2Si/c1-8-25(28-29(5,6)7)16-13-22-20-10-9-18-17-19(26-27-4)11-14-23(18,2)21(20)12-15-24(22,25)3/h1,17,20-22H,9-16H2,2-7H3/b26-19+. The van der Waals surface area contributed by atoms with Crippen LogP contribution in [0.3, 0.4) is 0 Å². The second-order valence-corrected chi connectivity index (χ2v) is 15.9. The van der Waals surface area contributed by atoms with Crippen molar-refractivity contribution in [3.63, 3.8) is 0 Å². The summed E-state index contributed by atoms with van der Waals surface area (Å²) in [6, 6.07) is 0. The molecule has 6 unspecified atom stereocenters. The molecule has 4 aliphatic carbocycles. The quantitative estimate of drug-likeness (QED) is 0.314. The molecule has 4 aliphatic rings. The molecule has 0 aromatic heterocycles. The average Bonchev–Trinajstić information content (AvgIpc) is 2.93. The first kappa shape index (κ1) is 21.2. The van der Waals surface area contributed by atoms with Gasteiger partial charge in [-0.15, -0.1) is 6.42 Å². The van der Waals surface area contributed by atoms with Crippen LogP contribution in [0.4, 0.5) is 0 Å².